The van der Waals surface area contributed by atoms with E-state index in [1.807, 2.05) is 0 Å². The summed E-state index contributed by atoms with van der Waals surface area (Å²) in [5.74, 6) is -0.973. The first-order chi connectivity index (χ1) is 14.1. The lowest BCUT2D eigenvalue weighted by molar-refractivity contribution is -0.146. The molecule has 168 valence electrons. The maximum absolute atomic E-state index is 12.0. The molecule has 0 saturated carbocycles. The third kappa shape index (κ3) is 5.74. The van der Waals surface area contributed by atoms with E-state index in [0.29, 0.717) is 18.1 Å². The third-order valence-corrected chi connectivity index (χ3v) is 7.33. The zero-order valence-electron chi connectivity index (χ0n) is 19.2. The lowest BCUT2D eigenvalue weighted by atomic mass is 10.1. The normalized spacial score (nSPS) is 34.6. The zero-order chi connectivity index (χ0) is 20.9. The summed E-state index contributed by atoms with van der Waals surface area (Å²) >= 11 is 0. The summed E-state index contributed by atoms with van der Waals surface area (Å²) < 4.78 is 0. The molecule has 0 spiro atoms. The molecular weight excluding hydrogens is 362 g/mol. The van der Waals surface area contributed by atoms with E-state index in [1.165, 1.54) is 77.0 Å². The Balaban J connectivity index is 1.68. The van der Waals surface area contributed by atoms with Crippen LogP contribution in [0.1, 0.15) is 104 Å². The average molecular weight is 408 g/mol. The molecule has 3 saturated heterocycles. The van der Waals surface area contributed by atoms with E-state index in [2.05, 4.69) is 35.5 Å². The lowest BCUT2D eigenvalue weighted by Crippen LogP contribution is -2.56. The molecule has 3 aliphatic heterocycles. The van der Waals surface area contributed by atoms with Crippen molar-refractivity contribution in [2.24, 2.45) is 0 Å². The van der Waals surface area contributed by atoms with Crippen LogP contribution in [0, 0.1) is 0 Å². The first-order valence-electron chi connectivity index (χ1n) is 12.6. The van der Waals surface area contributed by atoms with Crippen molar-refractivity contribution < 1.29 is 9.90 Å². The van der Waals surface area contributed by atoms with Gasteiger partial charge < -0.3 is 5.11 Å². The Morgan fingerprint density at radius 3 is 1.34 bits per heavy atom. The summed E-state index contributed by atoms with van der Waals surface area (Å²) in [7, 11) is 0. The first kappa shape index (κ1) is 23.0. The van der Waals surface area contributed by atoms with Crippen molar-refractivity contribution >= 4 is 5.97 Å². The molecule has 0 radical (unpaired) electrons. The fraction of sp³-hybridized carbons (Fsp3) is 0.958. The number of nitrogens with zero attached hydrogens (tertiary/aromatic N) is 3. The summed E-state index contributed by atoms with van der Waals surface area (Å²) in [5.41, 5.74) is 0. The molecule has 1 N–H and O–H groups in total. The van der Waals surface area contributed by atoms with Gasteiger partial charge >= 0.3 is 5.97 Å². The highest BCUT2D eigenvalue weighted by atomic mass is 16.4. The fourth-order valence-electron chi connectivity index (χ4n) is 5.49. The molecule has 3 fully saturated rings. The third-order valence-electron chi connectivity index (χ3n) is 7.33. The van der Waals surface area contributed by atoms with Crippen LogP contribution in [0.25, 0.3) is 0 Å². The number of aliphatic carboxylic acids is 1. The van der Waals surface area contributed by atoms with Crippen molar-refractivity contribution in [2.75, 3.05) is 19.6 Å². The topological polar surface area (TPSA) is 46.3 Å². The second-order valence-corrected chi connectivity index (χ2v) is 9.75. The van der Waals surface area contributed by atoms with E-state index in [4.69, 9.17) is 0 Å². The van der Waals surface area contributed by atoms with Crippen LogP contribution in [0.4, 0.5) is 0 Å². The van der Waals surface area contributed by atoms with Gasteiger partial charge in [0.1, 0.15) is 5.79 Å². The van der Waals surface area contributed by atoms with Crippen LogP contribution in [0.15, 0.2) is 0 Å². The van der Waals surface area contributed by atoms with E-state index in [9.17, 15) is 9.90 Å². The van der Waals surface area contributed by atoms with Crippen LogP contribution in [0.3, 0.4) is 0 Å². The Morgan fingerprint density at radius 2 is 1.07 bits per heavy atom. The summed E-state index contributed by atoms with van der Waals surface area (Å²) in [4.78, 5) is 19.7. The Morgan fingerprint density at radius 1 is 0.724 bits per heavy atom. The van der Waals surface area contributed by atoms with E-state index in [0.717, 1.165) is 19.6 Å². The molecule has 0 aromatic rings. The van der Waals surface area contributed by atoms with Gasteiger partial charge in [0.15, 0.2) is 0 Å². The van der Waals surface area contributed by atoms with E-state index in [-0.39, 0.29) is 12.2 Å². The Hall–Kier alpha value is -0.650. The number of hydrogen-bond acceptors (Lipinski definition) is 4. The molecule has 0 aromatic heterocycles. The van der Waals surface area contributed by atoms with Gasteiger partial charge in [-0.3, -0.25) is 19.5 Å². The molecule has 3 aliphatic rings. The van der Waals surface area contributed by atoms with Gasteiger partial charge in [-0.25, -0.2) is 0 Å². The zero-order valence-corrected chi connectivity index (χ0v) is 19.2. The molecule has 6 atom stereocenters. The fourth-order valence-corrected chi connectivity index (χ4v) is 5.49. The first-order valence-corrected chi connectivity index (χ1v) is 12.6. The van der Waals surface area contributed by atoms with Crippen molar-refractivity contribution in [3.8, 4) is 0 Å². The van der Waals surface area contributed by atoms with E-state index in [1.54, 1.807) is 0 Å². The molecule has 0 aromatic carbocycles. The summed E-state index contributed by atoms with van der Waals surface area (Å²) in [6, 6.07) is 1.78. The predicted octanol–water partition coefficient (Wildman–Crippen LogP) is 4.91. The predicted molar refractivity (Wildman–Crippen MR) is 119 cm³/mol. The van der Waals surface area contributed by atoms with Crippen LogP contribution >= 0.6 is 0 Å². The maximum Gasteiger partial charge on any atom is 0.308 e. The monoisotopic (exact) mass is 407 g/mol. The number of carbonyl (C=O) groups is 1. The van der Waals surface area contributed by atoms with Crippen LogP contribution in [-0.4, -0.2) is 69.3 Å². The minimum absolute atomic E-state index is 0.256. The Labute approximate surface area is 178 Å². The maximum atomic E-state index is 12.0. The van der Waals surface area contributed by atoms with E-state index >= 15 is 0 Å². The number of unbranched alkanes of at least 4 members (excludes halogenated alkanes) is 6. The molecule has 5 nitrogen and oxygen atoms in total. The van der Waals surface area contributed by atoms with Gasteiger partial charge in [0.2, 0.25) is 0 Å². The highest BCUT2D eigenvalue weighted by Gasteiger charge is 2.67. The smallest absolute Gasteiger partial charge is 0.308 e. The SMILES string of the molecule is CCCCCC1CN1C(CC(=O)O)(N1CC1CCCCC)N1CC1CCCCC. The molecule has 3 rings (SSSR count). The Kier molecular flexibility index (Phi) is 8.41. The lowest BCUT2D eigenvalue weighted by Gasteiger charge is -2.39. The Bertz CT molecular complexity index is 466. The van der Waals surface area contributed by atoms with Crippen molar-refractivity contribution in [3.63, 3.8) is 0 Å². The van der Waals surface area contributed by atoms with Crippen LogP contribution in [0.2, 0.25) is 0 Å². The van der Waals surface area contributed by atoms with Gasteiger partial charge in [0.25, 0.3) is 0 Å². The highest BCUT2D eigenvalue weighted by Crippen LogP contribution is 2.51. The summed E-state index contributed by atoms with van der Waals surface area (Å²) in [5, 5.41) is 9.90. The quantitative estimate of drug-likeness (QED) is 0.274. The van der Waals surface area contributed by atoms with Crippen molar-refractivity contribution in [1.29, 1.82) is 0 Å². The van der Waals surface area contributed by atoms with Gasteiger partial charge in [0.05, 0.1) is 6.42 Å². The van der Waals surface area contributed by atoms with Gasteiger partial charge in [-0.2, -0.15) is 0 Å². The minimum Gasteiger partial charge on any atom is -0.481 e. The van der Waals surface area contributed by atoms with Crippen molar-refractivity contribution in [2.45, 2.75) is 128 Å². The van der Waals surface area contributed by atoms with E-state index < -0.39 is 5.97 Å². The highest BCUT2D eigenvalue weighted by molar-refractivity contribution is 5.68. The molecule has 5 heteroatoms. The molecule has 0 bridgehead atoms. The van der Waals surface area contributed by atoms with Crippen LogP contribution in [-0.2, 0) is 4.79 Å². The molecule has 0 aliphatic carbocycles. The molecule has 0 amide bonds. The van der Waals surface area contributed by atoms with Gasteiger partial charge in [-0.15, -0.1) is 0 Å². The second kappa shape index (κ2) is 10.6. The number of carboxylic acids is 1. The molecular formula is C24H45N3O2. The van der Waals surface area contributed by atoms with Crippen molar-refractivity contribution in [1.82, 2.24) is 14.7 Å². The van der Waals surface area contributed by atoms with Gasteiger partial charge in [-0.05, 0) is 19.3 Å². The van der Waals surface area contributed by atoms with Crippen LogP contribution in [0.5, 0.6) is 0 Å². The second-order valence-electron chi connectivity index (χ2n) is 9.75. The van der Waals surface area contributed by atoms with Gasteiger partial charge in [0, 0.05) is 37.8 Å². The number of rotatable bonds is 17. The molecule has 29 heavy (non-hydrogen) atoms. The molecule has 3 heterocycles. The summed E-state index contributed by atoms with van der Waals surface area (Å²) in [6.45, 7) is 10.0. The largest absolute Gasteiger partial charge is 0.481 e. The van der Waals surface area contributed by atoms with Gasteiger partial charge in [-0.1, -0.05) is 78.6 Å². The standard InChI is InChI=1S/C24H45N3O2/c1-4-7-10-13-20-17-25(20)24(16-23(28)29,26-18-21(26)14-11-8-5-2)27-19-22(27)15-12-9-6-3/h20-22H,4-19H2,1-3H3,(H,28,29). The minimum atomic E-state index is -0.636. The number of hydrogen-bond donors (Lipinski definition) is 1. The summed E-state index contributed by atoms with van der Waals surface area (Å²) in [6.07, 6.45) is 15.4. The van der Waals surface area contributed by atoms with Crippen molar-refractivity contribution in [3.05, 3.63) is 0 Å². The number of carboxylic acid groups (broad SMARTS) is 1. The average Bonchev–Trinajstić information content (AvgIpc) is 3.55. The van der Waals surface area contributed by atoms with Crippen LogP contribution < -0.4 is 0 Å². The molecule has 6 unspecified atom stereocenters.